The number of rotatable bonds is 2. The van der Waals surface area contributed by atoms with Gasteiger partial charge in [0, 0.05) is 36.6 Å². The van der Waals surface area contributed by atoms with Crippen LogP contribution in [0.15, 0.2) is 66.7 Å². The molecule has 0 saturated carbocycles. The standard InChI is InChI=1S/C32H35N2/c1-21-19-31(3,4)33(7)29-15-13-23(17-27(21)29)25-11-9-10-12-26(25)24-14-16-30-28(18-24)22(2)20-32(5,6)34(30)8/h9-11,13-20H,1-8H3. The summed E-state index contributed by atoms with van der Waals surface area (Å²) in [6, 6.07) is 23.6. The Morgan fingerprint density at radius 3 is 1.71 bits per heavy atom. The molecule has 0 atom stereocenters. The summed E-state index contributed by atoms with van der Waals surface area (Å²) in [4.78, 5) is 4.74. The molecule has 3 aromatic rings. The largest absolute Gasteiger partial charge is 0.366 e. The molecule has 2 heteroatoms. The van der Waals surface area contributed by atoms with Crippen molar-refractivity contribution in [1.82, 2.24) is 0 Å². The number of anilines is 2. The van der Waals surface area contributed by atoms with Crippen LogP contribution in [0.1, 0.15) is 52.7 Å². The number of allylic oxidation sites excluding steroid dienone is 2. The monoisotopic (exact) mass is 447 g/mol. The van der Waals surface area contributed by atoms with Gasteiger partial charge in [-0.1, -0.05) is 42.5 Å². The summed E-state index contributed by atoms with van der Waals surface area (Å²) in [6.45, 7) is 13.5. The van der Waals surface area contributed by atoms with Crippen LogP contribution < -0.4 is 9.80 Å². The molecule has 0 aliphatic carbocycles. The third-order valence-corrected chi connectivity index (χ3v) is 7.89. The zero-order chi connectivity index (χ0) is 24.4. The minimum Gasteiger partial charge on any atom is -0.366 e. The molecule has 34 heavy (non-hydrogen) atoms. The molecule has 2 aliphatic heterocycles. The molecular weight excluding hydrogens is 412 g/mol. The fraction of sp³-hybridized carbons (Fsp3) is 0.312. The van der Waals surface area contributed by atoms with Gasteiger partial charge in [-0.05, 0) is 105 Å². The van der Waals surface area contributed by atoms with E-state index in [9.17, 15) is 0 Å². The lowest BCUT2D eigenvalue weighted by molar-refractivity contribution is 0.597. The second-order valence-electron chi connectivity index (χ2n) is 11.0. The van der Waals surface area contributed by atoms with Gasteiger partial charge in [0.2, 0.25) is 0 Å². The Morgan fingerprint density at radius 1 is 0.647 bits per heavy atom. The van der Waals surface area contributed by atoms with Gasteiger partial charge in [0.15, 0.2) is 0 Å². The average molecular weight is 448 g/mol. The van der Waals surface area contributed by atoms with Gasteiger partial charge in [0.05, 0.1) is 11.1 Å². The van der Waals surface area contributed by atoms with E-state index in [0.717, 1.165) is 5.56 Å². The van der Waals surface area contributed by atoms with Crippen LogP contribution in [0.3, 0.4) is 0 Å². The third kappa shape index (κ3) is 3.48. The maximum Gasteiger partial charge on any atom is 0.0531 e. The Labute approximate surface area is 205 Å². The van der Waals surface area contributed by atoms with Crippen LogP contribution in [0.5, 0.6) is 0 Å². The number of fused-ring (bicyclic) bond motifs is 2. The molecule has 2 heterocycles. The van der Waals surface area contributed by atoms with Crippen LogP contribution in [0.4, 0.5) is 11.4 Å². The fourth-order valence-electron chi connectivity index (χ4n) is 5.56. The Kier molecular flexibility index (Phi) is 5.06. The van der Waals surface area contributed by atoms with Gasteiger partial charge in [0.1, 0.15) is 0 Å². The molecule has 2 nitrogen and oxygen atoms in total. The summed E-state index contributed by atoms with van der Waals surface area (Å²) in [5.74, 6) is 0. The van der Waals surface area contributed by atoms with Gasteiger partial charge in [0.25, 0.3) is 0 Å². The molecule has 0 saturated heterocycles. The summed E-state index contributed by atoms with van der Waals surface area (Å²) in [7, 11) is 4.37. The normalized spacial score (nSPS) is 18.1. The minimum absolute atomic E-state index is 0.0128. The number of nitrogens with zero attached hydrogens (tertiary/aromatic N) is 2. The van der Waals surface area contributed by atoms with Crippen LogP contribution in [-0.2, 0) is 0 Å². The van der Waals surface area contributed by atoms with E-state index >= 15 is 0 Å². The molecular formula is C32H35N2. The first-order valence-corrected chi connectivity index (χ1v) is 12.2. The molecule has 0 aromatic heterocycles. The van der Waals surface area contributed by atoms with E-state index in [4.69, 9.17) is 0 Å². The molecule has 0 fully saturated rings. The van der Waals surface area contributed by atoms with Crippen molar-refractivity contribution in [3.8, 4) is 22.3 Å². The van der Waals surface area contributed by atoms with Crippen LogP contribution in [0, 0.1) is 6.07 Å². The van der Waals surface area contributed by atoms with Crippen LogP contribution in [0.2, 0.25) is 0 Å². The van der Waals surface area contributed by atoms with Crippen molar-refractivity contribution in [3.05, 3.63) is 83.9 Å². The summed E-state index contributed by atoms with van der Waals surface area (Å²) in [6.07, 6.45) is 4.74. The zero-order valence-corrected chi connectivity index (χ0v) is 21.7. The Morgan fingerprint density at radius 2 is 1.15 bits per heavy atom. The zero-order valence-electron chi connectivity index (χ0n) is 21.7. The molecule has 0 bridgehead atoms. The van der Waals surface area contributed by atoms with Crippen molar-refractivity contribution in [2.75, 3.05) is 23.9 Å². The summed E-state index contributed by atoms with van der Waals surface area (Å²) in [5.41, 5.74) is 12.7. The van der Waals surface area contributed by atoms with Crippen molar-refractivity contribution in [1.29, 1.82) is 0 Å². The van der Waals surface area contributed by atoms with E-state index in [1.165, 1.54) is 50.3 Å². The van der Waals surface area contributed by atoms with Gasteiger partial charge in [-0.3, -0.25) is 0 Å². The van der Waals surface area contributed by atoms with E-state index in [-0.39, 0.29) is 11.1 Å². The first-order chi connectivity index (χ1) is 16.0. The van der Waals surface area contributed by atoms with Crippen molar-refractivity contribution in [3.63, 3.8) is 0 Å². The van der Waals surface area contributed by atoms with E-state index in [2.05, 4.69) is 132 Å². The van der Waals surface area contributed by atoms with Gasteiger partial charge in [-0.15, -0.1) is 0 Å². The highest BCUT2D eigenvalue weighted by Crippen LogP contribution is 2.43. The lowest BCUT2D eigenvalue weighted by atomic mass is 9.85. The smallest absolute Gasteiger partial charge is 0.0531 e. The summed E-state index contributed by atoms with van der Waals surface area (Å²) >= 11 is 0. The summed E-state index contributed by atoms with van der Waals surface area (Å²) in [5, 5.41) is 0. The predicted octanol–water partition coefficient (Wildman–Crippen LogP) is 8.08. The van der Waals surface area contributed by atoms with Crippen LogP contribution in [-0.4, -0.2) is 25.2 Å². The molecule has 5 rings (SSSR count). The molecule has 2 aliphatic rings. The number of hydrogen-bond acceptors (Lipinski definition) is 2. The Hall–Kier alpha value is -3.26. The SMILES string of the molecule is CC1=CC(C)(C)N(C)c2ccc(-c3[c]cccc3-c3ccc4c(c3)C(C)=CC(C)(C)N4C)cc21. The highest BCUT2D eigenvalue weighted by atomic mass is 15.2. The van der Waals surface area contributed by atoms with Gasteiger partial charge in [-0.2, -0.15) is 0 Å². The lowest BCUT2D eigenvalue weighted by Crippen LogP contribution is -2.42. The molecule has 0 N–H and O–H groups in total. The average Bonchev–Trinajstić information content (AvgIpc) is 2.80. The fourth-order valence-corrected chi connectivity index (χ4v) is 5.56. The van der Waals surface area contributed by atoms with Gasteiger partial charge in [-0.25, -0.2) is 0 Å². The maximum absolute atomic E-state index is 3.56. The first kappa shape index (κ1) is 22.5. The number of likely N-dealkylation sites (N-methyl/N-ethyl adjacent to an activating group) is 2. The topological polar surface area (TPSA) is 6.48 Å². The van der Waals surface area contributed by atoms with Crippen LogP contribution >= 0.6 is 0 Å². The maximum atomic E-state index is 3.56. The second-order valence-corrected chi connectivity index (χ2v) is 11.0. The molecule has 0 spiro atoms. The molecule has 0 amide bonds. The van der Waals surface area contributed by atoms with Gasteiger partial charge >= 0.3 is 0 Å². The van der Waals surface area contributed by atoms with E-state index in [1.807, 2.05) is 6.07 Å². The Balaban J connectivity index is 1.62. The minimum atomic E-state index is 0.0128. The highest BCUT2D eigenvalue weighted by Gasteiger charge is 2.30. The third-order valence-electron chi connectivity index (χ3n) is 7.89. The molecule has 1 radical (unpaired) electrons. The molecule has 3 aromatic carbocycles. The van der Waals surface area contributed by atoms with Crippen molar-refractivity contribution >= 4 is 22.5 Å². The van der Waals surface area contributed by atoms with E-state index in [0.29, 0.717) is 0 Å². The predicted molar refractivity (Wildman–Crippen MR) is 148 cm³/mol. The second kappa shape index (κ2) is 7.63. The van der Waals surface area contributed by atoms with Crippen molar-refractivity contribution in [2.24, 2.45) is 0 Å². The number of hydrogen-bond donors (Lipinski definition) is 0. The van der Waals surface area contributed by atoms with Crippen LogP contribution in [0.25, 0.3) is 33.4 Å². The Bertz CT molecular complexity index is 1250. The highest BCUT2D eigenvalue weighted by molar-refractivity contribution is 5.91. The quantitative estimate of drug-likeness (QED) is 0.392. The van der Waals surface area contributed by atoms with E-state index in [1.54, 1.807) is 0 Å². The summed E-state index contributed by atoms with van der Waals surface area (Å²) < 4.78 is 0. The lowest BCUT2D eigenvalue weighted by Gasteiger charge is -2.41. The van der Waals surface area contributed by atoms with Gasteiger partial charge < -0.3 is 9.80 Å². The molecule has 0 unspecified atom stereocenters. The van der Waals surface area contributed by atoms with E-state index < -0.39 is 0 Å². The van der Waals surface area contributed by atoms with Crippen molar-refractivity contribution < 1.29 is 0 Å². The molecule has 173 valence electrons. The first-order valence-electron chi connectivity index (χ1n) is 12.2. The number of benzene rings is 3. The van der Waals surface area contributed by atoms with Crippen molar-refractivity contribution in [2.45, 2.75) is 52.6 Å².